The van der Waals surface area contributed by atoms with Gasteiger partial charge in [0.25, 0.3) is 5.91 Å². The molecule has 1 saturated carbocycles. The van der Waals surface area contributed by atoms with Gasteiger partial charge in [0.1, 0.15) is 12.2 Å². The summed E-state index contributed by atoms with van der Waals surface area (Å²) in [6, 6.07) is 7.70. The summed E-state index contributed by atoms with van der Waals surface area (Å²) in [5.41, 5.74) is 2.27. The Kier molecular flexibility index (Phi) is 6.10. The number of hydrogen-bond acceptors (Lipinski definition) is 5. The number of aliphatic hydroxyl groups excluding tert-OH is 1. The first-order valence-electron chi connectivity index (χ1n) is 11.7. The van der Waals surface area contributed by atoms with Gasteiger partial charge in [-0.15, -0.1) is 0 Å². The van der Waals surface area contributed by atoms with Crippen molar-refractivity contribution < 1.29 is 14.7 Å². The maximum absolute atomic E-state index is 12.9. The molecular weight excluding hydrogens is 416 g/mol. The fourth-order valence-corrected chi connectivity index (χ4v) is 5.45. The Labute approximate surface area is 193 Å². The summed E-state index contributed by atoms with van der Waals surface area (Å²) < 4.78 is 0. The highest BCUT2D eigenvalue weighted by Gasteiger charge is 2.54. The van der Waals surface area contributed by atoms with Crippen molar-refractivity contribution >= 4 is 11.8 Å². The van der Waals surface area contributed by atoms with Gasteiger partial charge in [0, 0.05) is 36.3 Å². The van der Waals surface area contributed by atoms with Gasteiger partial charge in [-0.3, -0.25) is 14.6 Å². The van der Waals surface area contributed by atoms with E-state index in [-0.39, 0.29) is 48.7 Å². The molecule has 1 aromatic carbocycles. The van der Waals surface area contributed by atoms with Crippen molar-refractivity contribution in [2.75, 3.05) is 19.7 Å². The lowest BCUT2D eigenvalue weighted by Crippen LogP contribution is -2.73. The molecule has 3 aliphatic rings. The number of hydrogen-bond donors (Lipinski definition) is 1. The second-order valence-corrected chi connectivity index (χ2v) is 9.15. The third-order valence-electron chi connectivity index (χ3n) is 7.14. The highest BCUT2D eigenvalue weighted by Crippen LogP contribution is 2.43. The molecule has 170 valence electrons. The quantitative estimate of drug-likeness (QED) is 0.734. The van der Waals surface area contributed by atoms with Gasteiger partial charge in [-0.25, -0.2) is 4.98 Å². The Balaban J connectivity index is 1.32. The molecule has 2 aliphatic heterocycles. The first-order chi connectivity index (χ1) is 16.2. The van der Waals surface area contributed by atoms with Crippen LogP contribution < -0.4 is 0 Å². The molecule has 0 radical (unpaired) electrons. The summed E-state index contributed by atoms with van der Waals surface area (Å²) >= 11 is 0. The number of piperazine rings is 1. The van der Waals surface area contributed by atoms with Crippen LogP contribution in [0, 0.1) is 17.8 Å². The number of rotatable bonds is 3. The Hall–Kier alpha value is -3.24. The Bertz CT molecular complexity index is 1070. The smallest absolute Gasteiger partial charge is 0.274 e. The zero-order chi connectivity index (χ0) is 22.8. The summed E-state index contributed by atoms with van der Waals surface area (Å²) in [6.07, 6.45) is 10.7. The SMILES string of the molecule is O=C(c1cnccn1)N1CC(=O)N2[C@@H](CO)[C@H](c3ccc(C#CC4CCCCC4)cc3)[C@@H]2C1. The number of benzene rings is 1. The summed E-state index contributed by atoms with van der Waals surface area (Å²) in [7, 11) is 0. The van der Waals surface area contributed by atoms with Crippen molar-refractivity contribution in [3.63, 3.8) is 0 Å². The summed E-state index contributed by atoms with van der Waals surface area (Å²) in [4.78, 5) is 37.0. The molecule has 1 N–H and O–H groups in total. The highest BCUT2D eigenvalue weighted by atomic mass is 16.3. The maximum atomic E-state index is 12.9. The van der Waals surface area contributed by atoms with E-state index in [1.807, 2.05) is 24.3 Å². The van der Waals surface area contributed by atoms with Crippen LogP contribution in [-0.4, -0.2) is 68.5 Å². The van der Waals surface area contributed by atoms with E-state index in [4.69, 9.17) is 0 Å². The first kappa shape index (κ1) is 21.6. The topological polar surface area (TPSA) is 86.6 Å². The predicted molar refractivity (Wildman–Crippen MR) is 122 cm³/mol. The number of aliphatic hydroxyl groups is 1. The lowest BCUT2D eigenvalue weighted by atomic mass is 9.73. The molecule has 7 nitrogen and oxygen atoms in total. The zero-order valence-electron chi connectivity index (χ0n) is 18.6. The molecule has 1 aromatic heterocycles. The van der Waals surface area contributed by atoms with Crippen LogP contribution in [-0.2, 0) is 4.79 Å². The predicted octanol–water partition coefficient (Wildman–Crippen LogP) is 2.22. The van der Waals surface area contributed by atoms with E-state index >= 15 is 0 Å². The summed E-state index contributed by atoms with van der Waals surface area (Å²) in [6.45, 7) is 0.296. The van der Waals surface area contributed by atoms with Gasteiger partial charge in [-0.1, -0.05) is 43.2 Å². The van der Waals surface area contributed by atoms with Crippen molar-refractivity contribution in [1.82, 2.24) is 19.8 Å². The van der Waals surface area contributed by atoms with Gasteiger partial charge < -0.3 is 14.9 Å². The van der Waals surface area contributed by atoms with Crippen molar-refractivity contribution in [1.29, 1.82) is 0 Å². The van der Waals surface area contributed by atoms with E-state index in [0.29, 0.717) is 12.5 Å². The van der Waals surface area contributed by atoms with Gasteiger partial charge in [0.05, 0.1) is 24.9 Å². The van der Waals surface area contributed by atoms with Crippen molar-refractivity contribution in [3.05, 3.63) is 59.7 Å². The van der Waals surface area contributed by atoms with Gasteiger partial charge in [-0.2, -0.15) is 0 Å². The van der Waals surface area contributed by atoms with Crippen LogP contribution >= 0.6 is 0 Å². The van der Waals surface area contributed by atoms with Crippen LogP contribution in [0.5, 0.6) is 0 Å². The molecule has 7 heteroatoms. The molecule has 0 unspecified atom stereocenters. The molecule has 5 rings (SSSR count). The van der Waals surface area contributed by atoms with E-state index in [9.17, 15) is 14.7 Å². The average Bonchev–Trinajstić information content (AvgIpc) is 2.85. The molecule has 2 aromatic rings. The number of amides is 2. The minimum Gasteiger partial charge on any atom is -0.394 e. The van der Waals surface area contributed by atoms with Crippen LogP contribution in [0.3, 0.4) is 0 Å². The first-order valence-corrected chi connectivity index (χ1v) is 11.7. The largest absolute Gasteiger partial charge is 0.394 e. The number of carbonyl (C=O) groups excluding carboxylic acids is 2. The molecule has 0 spiro atoms. The molecule has 1 aliphatic carbocycles. The minimum absolute atomic E-state index is 0.00911. The third-order valence-corrected chi connectivity index (χ3v) is 7.14. The Morgan fingerprint density at radius 3 is 2.61 bits per heavy atom. The standard InChI is InChI=1S/C26H28N4O3/c31-17-23-25(20-10-8-19(9-11-20)7-6-18-4-2-1-3-5-18)22-15-29(16-24(32)30(22)23)26(33)21-14-27-12-13-28-21/h8-14,18,22-23,25,31H,1-5,15-17H2/t22-,23-,25+/m0/s1. The second kappa shape index (κ2) is 9.32. The average molecular weight is 445 g/mol. The molecule has 3 atom stereocenters. The molecule has 3 heterocycles. The lowest BCUT2D eigenvalue weighted by molar-refractivity contribution is -0.159. The van der Waals surface area contributed by atoms with Gasteiger partial charge in [0.2, 0.25) is 5.91 Å². The van der Waals surface area contributed by atoms with E-state index in [1.54, 1.807) is 4.90 Å². The lowest BCUT2D eigenvalue weighted by Gasteiger charge is -2.58. The van der Waals surface area contributed by atoms with E-state index in [1.165, 1.54) is 55.6 Å². The number of carbonyl (C=O) groups is 2. The maximum Gasteiger partial charge on any atom is 0.274 e. The van der Waals surface area contributed by atoms with Gasteiger partial charge in [-0.05, 0) is 30.5 Å². The number of aromatic nitrogens is 2. The fraction of sp³-hybridized carbons (Fsp3) is 0.462. The molecular formula is C26H28N4O3. The van der Waals surface area contributed by atoms with E-state index < -0.39 is 0 Å². The van der Waals surface area contributed by atoms with Crippen LogP contribution in [0.4, 0.5) is 0 Å². The van der Waals surface area contributed by atoms with E-state index in [0.717, 1.165) is 11.1 Å². The van der Waals surface area contributed by atoms with Crippen molar-refractivity contribution in [3.8, 4) is 11.8 Å². The normalized spacial score (nSPS) is 25.0. The van der Waals surface area contributed by atoms with Gasteiger partial charge >= 0.3 is 0 Å². The Morgan fingerprint density at radius 2 is 1.91 bits per heavy atom. The minimum atomic E-state index is -0.296. The third kappa shape index (κ3) is 4.23. The number of fused-ring (bicyclic) bond motifs is 1. The van der Waals surface area contributed by atoms with Crippen LogP contribution in [0.2, 0.25) is 0 Å². The molecule has 3 fully saturated rings. The zero-order valence-corrected chi connectivity index (χ0v) is 18.6. The Morgan fingerprint density at radius 1 is 1.12 bits per heavy atom. The fourth-order valence-electron chi connectivity index (χ4n) is 5.45. The van der Waals surface area contributed by atoms with Crippen LogP contribution in [0.25, 0.3) is 0 Å². The number of nitrogens with zero attached hydrogens (tertiary/aromatic N) is 4. The summed E-state index contributed by atoms with van der Waals surface area (Å²) in [5.74, 6) is 6.77. The second-order valence-electron chi connectivity index (χ2n) is 9.15. The van der Waals surface area contributed by atoms with Crippen LogP contribution in [0.1, 0.15) is 59.6 Å². The van der Waals surface area contributed by atoms with Crippen LogP contribution in [0.15, 0.2) is 42.9 Å². The molecule has 2 saturated heterocycles. The van der Waals surface area contributed by atoms with E-state index in [2.05, 4.69) is 21.8 Å². The van der Waals surface area contributed by atoms with Gasteiger partial charge in [0.15, 0.2) is 0 Å². The molecule has 0 bridgehead atoms. The molecule has 2 amide bonds. The monoisotopic (exact) mass is 444 g/mol. The summed E-state index contributed by atoms with van der Waals surface area (Å²) in [5, 5.41) is 10.00. The highest BCUT2D eigenvalue weighted by molar-refractivity contribution is 5.96. The van der Waals surface area contributed by atoms with Crippen molar-refractivity contribution in [2.45, 2.75) is 50.1 Å². The molecule has 33 heavy (non-hydrogen) atoms. The van der Waals surface area contributed by atoms with Crippen molar-refractivity contribution in [2.24, 2.45) is 5.92 Å².